The number of aromatic nitrogens is 1. The van der Waals surface area contributed by atoms with Gasteiger partial charge in [0.1, 0.15) is 5.01 Å². The van der Waals surface area contributed by atoms with Crippen molar-refractivity contribution in [3.63, 3.8) is 0 Å². The van der Waals surface area contributed by atoms with E-state index in [4.69, 9.17) is 9.47 Å². The van der Waals surface area contributed by atoms with Crippen LogP contribution in [0.25, 0.3) is 10.6 Å². The van der Waals surface area contributed by atoms with Gasteiger partial charge in [-0.05, 0) is 18.2 Å². The second-order valence-corrected chi connectivity index (χ2v) is 6.66. The maximum Gasteiger partial charge on any atom is 0.226 e. The van der Waals surface area contributed by atoms with Gasteiger partial charge in [0.15, 0.2) is 11.5 Å². The fraction of sp³-hybridized carbons (Fsp3) is 0.250. The summed E-state index contributed by atoms with van der Waals surface area (Å²) in [6.07, 6.45) is 0.240. The molecular formula is C16H17BrN2O3S. The van der Waals surface area contributed by atoms with Gasteiger partial charge < -0.3 is 14.8 Å². The largest absolute Gasteiger partial charge is 0.493 e. The number of halogens is 1. The van der Waals surface area contributed by atoms with Crippen molar-refractivity contribution in [1.29, 1.82) is 0 Å². The molecule has 0 aliphatic rings. The second-order valence-electron chi connectivity index (χ2n) is 4.68. The number of nitrogens with zero attached hydrogens (tertiary/aromatic N) is 1. The van der Waals surface area contributed by atoms with Gasteiger partial charge in [0, 0.05) is 22.0 Å². The lowest BCUT2D eigenvalue weighted by atomic mass is 10.2. The van der Waals surface area contributed by atoms with Gasteiger partial charge in [-0.2, -0.15) is 0 Å². The zero-order chi connectivity index (χ0) is 16.8. The number of rotatable bonds is 7. The fourth-order valence-electron chi connectivity index (χ4n) is 1.91. The fourth-order valence-corrected chi connectivity index (χ4v) is 2.87. The van der Waals surface area contributed by atoms with Gasteiger partial charge in [0.05, 0.1) is 26.3 Å². The summed E-state index contributed by atoms with van der Waals surface area (Å²) in [5.74, 6) is 1.23. The summed E-state index contributed by atoms with van der Waals surface area (Å²) in [7, 11) is 3.19. The number of hydrogen-bond donors (Lipinski definition) is 1. The van der Waals surface area contributed by atoms with Gasteiger partial charge in [-0.15, -0.1) is 11.3 Å². The van der Waals surface area contributed by atoms with E-state index >= 15 is 0 Å². The Morgan fingerprint density at radius 2 is 2.09 bits per heavy atom. The molecule has 0 unspecified atom stereocenters. The van der Waals surface area contributed by atoms with Crippen LogP contribution in [-0.4, -0.2) is 31.7 Å². The van der Waals surface area contributed by atoms with Crippen molar-refractivity contribution >= 4 is 33.2 Å². The maximum atomic E-state index is 11.8. The molecule has 2 aromatic rings. The van der Waals surface area contributed by atoms with Crippen LogP contribution in [0.15, 0.2) is 34.6 Å². The molecule has 0 atom stereocenters. The summed E-state index contributed by atoms with van der Waals surface area (Å²) in [5.41, 5.74) is 1.66. The van der Waals surface area contributed by atoms with Crippen molar-refractivity contribution in [2.75, 3.05) is 20.8 Å². The van der Waals surface area contributed by atoms with Crippen LogP contribution in [0.4, 0.5) is 0 Å². The number of ether oxygens (including phenoxy) is 2. The molecule has 1 aromatic heterocycles. The lowest BCUT2D eigenvalue weighted by molar-refractivity contribution is -0.120. The SMILES string of the molecule is C=C(Br)CNC(=O)Cc1csc(-c2ccc(OC)c(OC)c2)n1. The minimum Gasteiger partial charge on any atom is -0.493 e. The van der Waals surface area contributed by atoms with Crippen molar-refractivity contribution in [1.82, 2.24) is 10.3 Å². The molecule has 5 nitrogen and oxygen atoms in total. The van der Waals surface area contributed by atoms with Gasteiger partial charge in [0.25, 0.3) is 0 Å². The van der Waals surface area contributed by atoms with E-state index in [9.17, 15) is 4.79 Å². The predicted octanol–water partition coefficient (Wildman–Crippen LogP) is 3.39. The zero-order valence-corrected chi connectivity index (χ0v) is 15.3. The van der Waals surface area contributed by atoms with Crippen molar-refractivity contribution in [2.45, 2.75) is 6.42 Å². The number of hydrogen-bond acceptors (Lipinski definition) is 5. The summed E-state index contributed by atoms with van der Waals surface area (Å²) >= 11 is 4.69. The summed E-state index contributed by atoms with van der Waals surface area (Å²) < 4.78 is 11.3. The van der Waals surface area contributed by atoms with Crippen molar-refractivity contribution in [3.05, 3.63) is 40.3 Å². The maximum absolute atomic E-state index is 11.8. The standard InChI is InChI=1S/C16H17BrN2O3S/c1-10(17)8-18-15(20)7-12-9-23-16(19-12)11-4-5-13(21-2)14(6-11)22-3/h4-6,9H,1,7-8H2,2-3H3,(H,18,20). The summed E-state index contributed by atoms with van der Waals surface area (Å²) in [6.45, 7) is 4.08. The van der Waals surface area contributed by atoms with E-state index < -0.39 is 0 Å². The Kier molecular flexibility index (Phi) is 6.18. The molecule has 0 saturated carbocycles. The third kappa shape index (κ3) is 4.80. The number of carbonyl (C=O) groups is 1. The van der Waals surface area contributed by atoms with Crippen LogP contribution in [0, 0.1) is 0 Å². The van der Waals surface area contributed by atoms with E-state index in [1.165, 1.54) is 11.3 Å². The van der Waals surface area contributed by atoms with E-state index in [1.54, 1.807) is 14.2 Å². The van der Waals surface area contributed by atoms with Crippen molar-refractivity contribution < 1.29 is 14.3 Å². The van der Waals surface area contributed by atoms with Crippen molar-refractivity contribution in [3.8, 4) is 22.1 Å². The molecule has 1 aromatic carbocycles. The van der Waals surface area contributed by atoms with Crippen LogP contribution in [-0.2, 0) is 11.2 Å². The van der Waals surface area contributed by atoms with E-state index in [0.29, 0.717) is 18.0 Å². The lowest BCUT2D eigenvalue weighted by Crippen LogP contribution is -2.26. The molecule has 23 heavy (non-hydrogen) atoms. The quantitative estimate of drug-likeness (QED) is 0.778. The average Bonchev–Trinajstić information content (AvgIpc) is 3.00. The van der Waals surface area contributed by atoms with E-state index in [1.807, 2.05) is 23.6 Å². The highest BCUT2D eigenvalue weighted by Crippen LogP contribution is 2.33. The number of benzene rings is 1. The molecule has 0 aliphatic heterocycles. The summed E-state index contributed by atoms with van der Waals surface area (Å²) in [6, 6.07) is 5.62. The number of methoxy groups -OCH3 is 2. The molecular weight excluding hydrogens is 380 g/mol. The molecule has 0 aliphatic carbocycles. The Balaban J connectivity index is 2.10. The average molecular weight is 397 g/mol. The number of amides is 1. The smallest absolute Gasteiger partial charge is 0.226 e. The molecule has 2 rings (SSSR count). The van der Waals surface area contributed by atoms with Crippen LogP contribution < -0.4 is 14.8 Å². The van der Waals surface area contributed by atoms with Crippen LogP contribution in [0.3, 0.4) is 0 Å². The number of nitrogens with one attached hydrogen (secondary N) is 1. The Hall–Kier alpha value is -1.86. The van der Waals surface area contributed by atoms with Gasteiger partial charge in [-0.25, -0.2) is 4.98 Å². The highest BCUT2D eigenvalue weighted by atomic mass is 79.9. The molecule has 1 heterocycles. The highest BCUT2D eigenvalue weighted by molar-refractivity contribution is 9.11. The Bertz CT molecular complexity index is 715. The topological polar surface area (TPSA) is 60.5 Å². The molecule has 0 radical (unpaired) electrons. The summed E-state index contributed by atoms with van der Waals surface area (Å²) in [4.78, 5) is 16.3. The molecule has 1 amide bonds. The third-order valence-electron chi connectivity index (χ3n) is 3.00. The number of carbonyl (C=O) groups excluding carboxylic acids is 1. The monoisotopic (exact) mass is 396 g/mol. The van der Waals surface area contributed by atoms with Crippen LogP contribution in [0.2, 0.25) is 0 Å². The molecule has 7 heteroatoms. The van der Waals surface area contributed by atoms with E-state index in [2.05, 4.69) is 32.8 Å². The van der Waals surface area contributed by atoms with Gasteiger partial charge in [-0.1, -0.05) is 22.5 Å². The first kappa shape index (κ1) is 17.5. The molecule has 1 N–H and O–H groups in total. The van der Waals surface area contributed by atoms with Crippen molar-refractivity contribution in [2.24, 2.45) is 0 Å². The van der Waals surface area contributed by atoms with E-state index in [0.717, 1.165) is 20.7 Å². The van der Waals surface area contributed by atoms with Crippen LogP contribution >= 0.6 is 27.3 Å². The molecule has 0 saturated heterocycles. The predicted molar refractivity (Wildman–Crippen MR) is 95.4 cm³/mol. The third-order valence-corrected chi connectivity index (χ3v) is 4.22. The van der Waals surface area contributed by atoms with Gasteiger partial charge in [-0.3, -0.25) is 4.79 Å². The van der Waals surface area contributed by atoms with Crippen LogP contribution in [0.1, 0.15) is 5.69 Å². The highest BCUT2D eigenvalue weighted by Gasteiger charge is 2.11. The first-order valence-corrected chi connectivity index (χ1v) is 8.47. The first-order chi connectivity index (χ1) is 11.0. The minimum absolute atomic E-state index is 0.0882. The summed E-state index contributed by atoms with van der Waals surface area (Å²) in [5, 5.41) is 5.47. The van der Waals surface area contributed by atoms with Gasteiger partial charge in [0.2, 0.25) is 5.91 Å². The Labute approximate surface area is 147 Å². The normalized spacial score (nSPS) is 10.2. The molecule has 0 bridgehead atoms. The lowest BCUT2D eigenvalue weighted by Gasteiger charge is -2.08. The first-order valence-electron chi connectivity index (χ1n) is 6.80. The Morgan fingerprint density at radius 1 is 1.35 bits per heavy atom. The number of thiazole rings is 1. The Morgan fingerprint density at radius 3 is 2.74 bits per heavy atom. The van der Waals surface area contributed by atoms with Gasteiger partial charge >= 0.3 is 0 Å². The van der Waals surface area contributed by atoms with E-state index in [-0.39, 0.29) is 12.3 Å². The van der Waals surface area contributed by atoms with Crippen LogP contribution in [0.5, 0.6) is 11.5 Å². The zero-order valence-electron chi connectivity index (χ0n) is 12.9. The molecule has 0 fully saturated rings. The molecule has 0 spiro atoms. The second kappa shape index (κ2) is 8.12. The minimum atomic E-state index is -0.0882. The molecule has 122 valence electrons.